The summed E-state index contributed by atoms with van der Waals surface area (Å²) in [5.41, 5.74) is 3.11. The maximum atomic E-state index is 5.31. The number of rotatable bonds is 6. The van der Waals surface area contributed by atoms with E-state index in [1.165, 1.54) is 16.0 Å². The fourth-order valence-electron chi connectivity index (χ4n) is 3.30. The van der Waals surface area contributed by atoms with Crippen LogP contribution in [0.25, 0.3) is 32.9 Å². The molecule has 4 aromatic rings. The summed E-state index contributed by atoms with van der Waals surface area (Å²) in [5.74, 6) is 1.44. The lowest BCUT2D eigenvalue weighted by molar-refractivity contribution is 0.190. The molecular weight excluding hydrogens is 368 g/mol. The SMILES string of the molecule is COC[C@@H](C)Nc1nc(-c2ccccn2)nc2sc(C)c(-c3ccccc3)c12. The lowest BCUT2D eigenvalue weighted by atomic mass is 10.0. The van der Waals surface area contributed by atoms with Gasteiger partial charge >= 0.3 is 0 Å². The molecule has 142 valence electrons. The number of pyridine rings is 1. The number of thiophene rings is 1. The smallest absolute Gasteiger partial charge is 0.181 e. The van der Waals surface area contributed by atoms with Crippen molar-refractivity contribution in [3.63, 3.8) is 0 Å². The van der Waals surface area contributed by atoms with E-state index in [2.05, 4.69) is 48.4 Å². The lowest BCUT2D eigenvalue weighted by Gasteiger charge is -2.16. The third kappa shape index (κ3) is 3.61. The number of fused-ring (bicyclic) bond motifs is 1. The standard InChI is InChI=1S/C22H22N4OS/c1-14(13-27-3)24-21-19-18(16-9-5-4-6-10-16)15(2)28-22(19)26-20(25-21)17-11-7-8-12-23-17/h4-12,14H,13H2,1-3H3,(H,24,25,26)/t14-/m1/s1. The van der Waals surface area contributed by atoms with Crippen molar-refractivity contribution < 1.29 is 4.74 Å². The van der Waals surface area contributed by atoms with Crippen LogP contribution in [0.5, 0.6) is 0 Å². The Bertz CT molecular complexity index is 1080. The van der Waals surface area contributed by atoms with Crippen LogP contribution in [0, 0.1) is 6.92 Å². The van der Waals surface area contributed by atoms with Gasteiger partial charge in [-0.15, -0.1) is 11.3 Å². The summed E-state index contributed by atoms with van der Waals surface area (Å²) in [6.07, 6.45) is 1.76. The van der Waals surface area contributed by atoms with Crippen LogP contribution in [0.3, 0.4) is 0 Å². The minimum Gasteiger partial charge on any atom is -0.383 e. The maximum Gasteiger partial charge on any atom is 0.181 e. The van der Waals surface area contributed by atoms with Gasteiger partial charge in [-0.05, 0) is 31.5 Å². The molecule has 3 heterocycles. The van der Waals surface area contributed by atoms with E-state index in [9.17, 15) is 0 Å². The van der Waals surface area contributed by atoms with Gasteiger partial charge in [0, 0.05) is 29.8 Å². The molecule has 28 heavy (non-hydrogen) atoms. The Hall–Kier alpha value is -2.83. The Morgan fingerprint density at radius 2 is 1.86 bits per heavy atom. The van der Waals surface area contributed by atoms with Crippen molar-refractivity contribution >= 4 is 27.4 Å². The molecule has 0 aliphatic rings. The van der Waals surface area contributed by atoms with E-state index in [-0.39, 0.29) is 6.04 Å². The third-order valence-electron chi connectivity index (χ3n) is 4.48. The van der Waals surface area contributed by atoms with Crippen LogP contribution in [0.1, 0.15) is 11.8 Å². The summed E-state index contributed by atoms with van der Waals surface area (Å²) in [6, 6.07) is 16.3. The molecule has 0 amide bonds. The molecule has 0 fully saturated rings. The first-order valence-corrected chi connectivity index (χ1v) is 10.0. The molecule has 0 aliphatic heterocycles. The zero-order valence-electron chi connectivity index (χ0n) is 16.1. The Morgan fingerprint density at radius 3 is 2.57 bits per heavy atom. The van der Waals surface area contributed by atoms with Gasteiger partial charge in [-0.25, -0.2) is 9.97 Å². The first kappa shape index (κ1) is 18.5. The second-order valence-corrected chi connectivity index (χ2v) is 7.89. The van der Waals surface area contributed by atoms with Crippen molar-refractivity contribution in [2.75, 3.05) is 19.0 Å². The first-order chi connectivity index (χ1) is 13.7. The van der Waals surface area contributed by atoms with Crippen molar-refractivity contribution in [2.24, 2.45) is 0 Å². The fraction of sp³-hybridized carbons (Fsp3) is 0.227. The molecule has 0 aliphatic carbocycles. The largest absolute Gasteiger partial charge is 0.383 e. The summed E-state index contributed by atoms with van der Waals surface area (Å²) in [7, 11) is 1.71. The van der Waals surface area contributed by atoms with E-state index < -0.39 is 0 Å². The number of nitrogens with zero attached hydrogens (tertiary/aromatic N) is 3. The summed E-state index contributed by atoms with van der Waals surface area (Å²) in [4.78, 5) is 16.3. The molecule has 0 radical (unpaired) electrons. The highest BCUT2D eigenvalue weighted by molar-refractivity contribution is 7.19. The molecule has 0 saturated heterocycles. The van der Waals surface area contributed by atoms with Crippen LogP contribution in [0.4, 0.5) is 5.82 Å². The van der Waals surface area contributed by atoms with Crippen molar-refractivity contribution in [2.45, 2.75) is 19.9 Å². The Morgan fingerprint density at radius 1 is 1.07 bits per heavy atom. The molecule has 4 rings (SSSR count). The highest BCUT2D eigenvalue weighted by Gasteiger charge is 2.20. The van der Waals surface area contributed by atoms with Gasteiger partial charge in [-0.2, -0.15) is 0 Å². The zero-order chi connectivity index (χ0) is 19.5. The number of ether oxygens (including phenoxy) is 1. The predicted octanol–water partition coefficient (Wildman–Crippen LogP) is 5.18. The highest BCUT2D eigenvalue weighted by Crippen LogP contribution is 2.41. The predicted molar refractivity (Wildman–Crippen MR) is 116 cm³/mol. The molecular formula is C22H22N4OS. The number of aryl methyl sites for hydroxylation is 1. The molecule has 0 unspecified atom stereocenters. The van der Waals surface area contributed by atoms with Crippen LogP contribution >= 0.6 is 11.3 Å². The highest BCUT2D eigenvalue weighted by atomic mass is 32.1. The second-order valence-electron chi connectivity index (χ2n) is 6.69. The van der Waals surface area contributed by atoms with Gasteiger partial charge in [-0.3, -0.25) is 4.98 Å². The van der Waals surface area contributed by atoms with Gasteiger partial charge in [-0.1, -0.05) is 36.4 Å². The van der Waals surface area contributed by atoms with Crippen LogP contribution in [0.15, 0.2) is 54.7 Å². The molecule has 6 heteroatoms. The molecule has 1 N–H and O–H groups in total. The van der Waals surface area contributed by atoms with Gasteiger partial charge in [0.15, 0.2) is 5.82 Å². The average Bonchev–Trinajstić information content (AvgIpc) is 3.05. The minimum absolute atomic E-state index is 0.114. The average molecular weight is 391 g/mol. The number of anilines is 1. The number of benzene rings is 1. The maximum absolute atomic E-state index is 5.31. The summed E-state index contributed by atoms with van der Waals surface area (Å²) < 4.78 is 5.31. The summed E-state index contributed by atoms with van der Waals surface area (Å²) >= 11 is 1.69. The molecule has 1 atom stereocenters. The van der Waals surface area contributed by atoms with Gasteiger partial charge in [0.05, 0.1) is 12.0 Å². The quantitative estimate of drug-likeness (QED) is 0.492. The number of methoxy groups -OCH3 is 1. The monoisotopic (exact) mass is 390 g/mol. The van der Waals surface area contributed by atoms with E-state index >= 15 is 0 Å². The zero-order valence-corrected chi connectivity index (χ0v) is 17.0. The van der Waals surface area contributed by atoms with E-state index in [1.807, 2.05) is 24.3 Å². The van der Waals surface area contributed by atoms with E-state index in [0.717, 1.165) is 21.7 Å². The second kappa shape index (κ2) is 8.04. The number of nitrogens with one attached hydrogen (secondary N) is 1. The number of aromatic nitrogens is 3. The van der Waals surface area contributed by atoms with Gasteiger partial charge in [0.1, 0.15) is 16.3 Å². The molecule has 0 saturated carbocycles. The van der Waals surface area contributed by atoms with E-state index in [0.29, 0.717) is 12.4 Å². The summed E-state index contributed by atoms with van der Waals surface area (Å²) in [6.45, 7) is 4.81. The van der Waals surface area contributed by atoms with E-state index in [1.54, 1.807) is 24.6 Å². The molecule has 3 aromatic heterocycles. The molecule has 1 aromatic carbocycles. The Kier molecular flexibility index (Phi) is 5.32. The first-order valence-electron chi connectivity index (χ1n) is 9.21. The van der Waals surface area contributed by atoms with Crippen LogP contribution in [0.2, 0.25) is 0 Å². The van der Waals surface area contributed by atoms with Crippen LogP contribution < -0.4 is 5.32 Å². The van der Waals surface area contributed by atoms with Crippen molar-refractivity contribution in [1.82, 2.24) is 15.0 Å². The van der Waals surface area contributed by atoms with Gasteiger partial charge < -0.3 is 10.1 Å². The number of hydrogen-bond acceptors (Lipinski definition) is 6. The molecule has 5 nitrogen and oxygen atoms in total. The molecule has 0 bridgehead atoms. The minimum atomic E-state index is 0.114. The Balaban J connectivity index is 1.94. The lowest BCUT2D eigenvalue weighted by Crippen LogP contribution is -2.22. The molecule has 0 spiro atoms. The van der Waals surface area contributed by atoms with E-state index in [4.69, 9.17) is 14.7 Å². The van der Waals surface area contributed by atoms with Crippen LogP contribution in [-0.4, -0.2) is 34.7 Å². The van der Waals surface area contributed by atoms with Crippen molar-refractivity contribution in [3.8, 4) is 22.6 Å². The van der Waals surface area contributed by atoms with Crippen LogP contribution in [-0.2, 0) is 4.74 Å². The van der Waals surface area contributed by atoms with Crippen molar-refractivity contribution in [3.05, 3.63) is 59.6 Å². The topological polar surface area (TPSA) is 59.9 Å². The van der Waals surface area contributed by atoms with Crippen molar-refractivity contribution in [1.29, 1.82) is 0 Å². The third-order valence-corrected chi connectivity index (χ3v) is 5.48. The van der Waals surface area contributed by atoms with Gasteiger partial charge in [0.25, 0.3) is 0 Å². The number of hydrogen-bond donors (Lipinski definition) is 1. The normalized spacial score (nSPS) is 12.2. The Labute approximate surface area is 168 Å². The van der Waals surface area contributed by atoms with Gasteiger partial charge in [0.2, 0.25) is 0 Å². The summed E-state index contributed by atoms with van der Waals surface area (Å²) in [5, 5.41) is 4.57. The fourth-order valence-corrected chi connectivity index (χ4v) is 4.35.